The summed E-state index contributed by atoms with van der Waals surface area (Å²) in [6.45, 7) is 16.1. The molecule has 4 aromatic heterocycles. The quantitative estimate of drug-likeness (QED) is 0.238. The van der Waals surface area contributed by atoms with Crippen molar-refractivity contribution in [1.29, 1.82) is 0 Å². The number of oxazole rings is 2. The molecule has 0 saturated carbocycles. The van der Waals surface area contributed by atoms with Gasteiger partial charge in [-0.1, -0.05) is 37.1 Å². The van der Waals surface area contributed by atoms with Gasteiger partial charge in [0.2, 0.25) is 11.8 Å². The predicted molar refractivity (Wildman–Crippen MR) is 157 cm³/mol. The van der Waals surface area contributed by atoms with E-state index in [9.17, 15) is 0 Å². The van der Waals surface area contributed by atoms with Crippen LogP contribution in [0, 0.1) is 27.7 Å². The number of allylic oxidation sites excluding steroid dienone is 4. The zero-order chi connectivity index (χ0) is 28.6. The van der Waals surface area contributed by atoms with Crippen LogP contribution in [0.5, 0.6) is 0 Å². The summed E-state index contributed by atoms with van der Waals surface area (Å²) < 4.78 is 11.0. The van der Waals surface area contributed by atoms with Gasteiger partial charge < -0.3 is 18.8 Å². The Morgan fingerprint density at radius 2 is 1.00 bits per heavy atom. The van der Waals surface area contributed by atoms with E-state index in [1.807, 2.05) is 55.4 Å². The van der Waals surface area contributed by atoms with Gasteiger partial charge in [0.05, 0.1) is 23.8 Å². The minimum atomic E-state index is 0. The van der Waals surface area contributed by atoms with Crippen molar-refractivity contribution < 1.29 is 28.3 Å². The van der Waals surface area contributed by atoms with Crippen LogP contribution in [-0.4, -0.2) is 21.4 Å². The van der Waals surface area contributed by atoms with E-state index in [4.69, 9.17) is 8.83 Å². The SMILES string of the molecule is CC1=CC(C)=N/C1=C(/c1ncco1)c1[n-]c(C)cc1C.CC1=CC(C)=N/C1=C(/c1ncco1)c1[n-]c(C)cc1C.[Zn+2]. The minimum Gasteiger partial charge on any atom is -0.661 e. The maximum Gasteiger partial charge on any atom is 2.00 e. The molecule has 0 unspecified atom stereocenters. The van der Waals surface area contributed by atoms with Gasteiger partial charge >= 0.3 is 19.5 Å². The predicted octanol–water partition coefficient (Wildman–Crippen LogP) is 6.86. The Bertz CT molecular complexity index is 1620. The van der Waals surface area contributed by atoms with Crippen LogP contribution in [0.4, 0.5) is 0 Å². The normalized spacial score (nSPS) is 16.8. The third kappa shape index (κ3) is 6.15. The summed E-state index contributed by atoms with van der Waals surface area (Å²) in [5.41, 5.74) is 13.7. The summed E-state index contributed by atoms with van der Waals surface area (Å²) in [7, 11) is 0. The van der Waals surface area contributed by atoms with Gasteiger partial charge in [-0.25, -0.2) is 9.97 Å². The summed E-state index contributed by atoms with van der Waals surface area (Å²) in [4.78, 5) is 27.0. The third-order valence-corrected chi connectivity index (χ3v) is 6.59. The van der Waals surface area contributed by atoms with Gasteiger partial charge in [-0.15, -0.1) is 11.4 Å². The van der Waals surface area contributed by atoms with Crippen LogP contribution >= 0.6 is 0 Å². The monoisotopic (exact) mass is 596 g/mol. The third-order valence-electron chi connectivity index (χ3n) is 6.59. The Hall–Kier alpha value is -4.10. The van der Waals surface area contributed by atoms with E-state index in [0.29, 0.717) is 11.8 Å². The van der Waals surface area contributed by atoms with Crippen LogP contribution in [0.25, 0.3) is 11.1 Å². The number of nitrogens with zero attached hydrogens (tertiary/aromatic N) is 6. The molecular formula is C32H32N6O2Zn. The smallest absolute Gasteiger partial charge is 0.661 e. The molecule has 41 heavy (non-hydrogen) atoms. The van der Waals surface area contributed by atoms with Gasteiger partial charge in [0.15, 0.2) is 0 Å². The van der Waals surface area contributed by atoms with Crippen LogP contribution in [0.1, 0.15) is 73.4 Å². The van der Waals surface area contributed by atoms with E-state index in [2.05, 4.69) is 54.2 Å². The van der Waals surface area contributed by atoms with E-state index < -0.39 is 0 Å². The number of hydrogen-bond acceptors (Lipinski definition) is 6. The molecule has 2 aliphatic rings. The van der Waals surface area contributed by atoms with Gasteiger partial charge in [0, 0.05) is 22.6 Å². The van der Waals surface area contributed by atoms with Crippen molar-refractivity contribution in [1.82, 2.24) is 19.9 Å². The molecule has 0 fully saturated rings. The van der Waals surface area contributed by atoms with Crippen LogP contribution in [0.3, 0.4) is 0 Å². The number of aryl methyl sites for hydroxylation is 4. The van der Waals surface area contributed by atoms with E-state index >= 15 is 0 Å². The second kappa shape index (κ2) is 12.2. The molecule has 0 saturated heterocycles. The number of aliphatic imine (C=N–C) groups is 2. The fraction of sp³-hybridized carbons (Fsp3) is 0.250. The van der Waals surface area contributed by atoms with Crippen LogP contribution < -0.4 is 9.97 Å². The molecule has 0 aromatic carbocycles. The molecule has 6 heterocycles. The van der Waals surface area contributed by atoms with Crippen LogP contribution in [0.2, 0.25) is 0 Å². The standard InChI is InChI=1S/2C16H16N3O.Zn/c2*1-9-7-11(3)18-14(9)13(16-17-5-6-20-16)15-10(2)8-12(4)19-15;/h2*5-8H,1-4H3;/q2*-1;+2/b2*14-13+;. The van der Waals surface area contributed by atoms with Gasteiger partial charge in [-0.05, 0) is 64.8 Å². The van der Waals surface area contributed by atoms with Crippen LogP contribution in [0.15, 0.2) is 90.6 Å². The molecule has 2 aliphatic heterocycles. The van der Waals surface area contributed by atoms with Crippen LogP contribution in [-0.2, 0) is 19.5 Å². The molecule has 9 heteroatoms. The van der Waals surface area contributed by atoms with Gasteiger partial charge in [-0.2, -0.15) is 11.4 Å². The van der Waals surface area contributed by atoms with Crippen molar-refractivity contribution in [3.8, 4) is 0 Å². The fourth-order valence-electron chi connectivity index (χ4n) is 5.05. The first-order valence-electron chi connectivity index (χ1n) is 13.1. The van der Waals surface area contributed by atoms with E-state index in [1.165, 1.54) is 0 Å². The van der Waals surface area contributed by atoms with Crippen molar-refractivity contribution in [3.63, 3.8) is 0 Å². The summed E-state index contributed by atoms with van der Waals surface area (Å²) in [6.07, 6.45) is 10.6. The molecule has 204 valence electrons. The number of rotatable bonds is 4. The van der Waals surface area contributed by atoms with E-state index in [-0.39, 0.29) is 19.5 Å². The molecule has 0 bridgehead atoms. The Morgan fingerprint density at radius 3 is 1.24 bits per heavy atom. The van der Waals surface area contributed by atoms with Gasteiger partial charge in [0.25, 0.3) is 0 Å². The van der Waals surface area contributed by atoms with E-state index in [0.717, 1.165) is 79.0 Å². The largest absolute Gasteiger partial charge is 2.00 e. The molecule has 0 N–H and O–H groups in total. The summed E-state index contributed by atoms with van der Waals surface area (Å²) in [6, 6.07) is 4.12. The molecule has 8 nitrogen and oxygen atoms in total. The molecule has 4 aromatic rings. The molecule has 6 rings (SSSR count). The fourth-order valence-corrected chi connectivity index (χ4v) is 5.05. The Labute approximate surface area is 253 Å². The van der Waals surface area contributed by atoms with E-state index in [1.54, 1.807) is 24.9 Å². The van der Waals surface area contributed by atoms with Crippen molar-refractivity contribution in [2.45, 2.75) is 55.4 Å². The number of aromatic nitrogens is 4. The van der Waals surface area contributed by atoms with Gasteiger partial charge in [0.1, 0.15) is 12.5 Å². The Balaban J connectivity index is 0.000000184. The molecule has 0 radical (unpaired) electrons. The second-order valence-corrected chi connectivity index (χ2v) is 10.1. The second-order valence-electron chi connectivity index (χ2n) is 10.1. The minimum absolute atomic E-state index is 0. The molecular weight excluding hydrogens is 566 g/mol. The summed E-state index contributed by atoms with van der Waals surface area (Å²) in [5.74, 6) is 1.12. The average Bonchev–Trinajstić information content (AvgIpc) is 3.71. The maximum absolute atomic E-state index is 5.50. The van der Waals surface area contributed by atoms with Crippen molar-refractivity contribution in [3.05, 3.63) is 117 Å². The number of hydrogen-bond donors (Lipinski definition) is 0. The first kappa shape index (κ1) is 29.9. The van der Waals surface area contributed by atoms with Crippen molar-refractivity contribution >= 4 is 22.6 Å². The Kier molecular flexibility index (Phi) is 8.88. The summed E-state index contributed by atoms with van der Waals surface area (Å²) in [5, 5.41) is 0. The Morgan fingerprint density at radius 1 is 0.610 bits per heavy atom. The average molecular weight is 598 g/mol. The first-order chi connectivity index (χ1) is 19.1. The zero-order valence-corrected chi connectivity index (χ0v) is 27.8. The zero-order valence-electron chi connectivity index (χ0n) is 24.8. The first-order valence-corrected chi connectivity index (χ1v) is 13.1. The molecule has 0 atom stereocenters. The topological polar surface area (TPSA) is 105 Å². The summed E-state index contributed by atoms with van der Waals surface area (Å²) >= 11 is 0. The molecule has 0 aliphatic carbocycles. The maximum atomic E-state index is 5.50. The van der Waals surface area contributed by atoms with Gasteiger partial charge in [-0.3, -0.25) is 9.98 Å². The van der Waals surface area contributed by atoms with Crippen molar-refractivity contribution in [2.24, 2.45) is 9.98 Å². The molecule has 0 spiro atoms. The molecule has 0 amide bonds. The van der Waals surface area contributed by atoms with Crippen molar-refractivity contribution in [2.75, 3.05) is 0 Å².